The summed E-state index contributed by atoms with van der Waals surface area (Å²) in [6.07, 6.45) is 4.28. The summed E-state index contributed by atoms with van der Waals surface area (Å²) < 4.78 is 34.8. The Balaban J connectivity index is 1.39. The van der Waals surface area contributed by atoms with Crippen LogP contribution in [0, 0.1) is 18.6 Å². The second-order valence-corrected chi connectivity index (χ2v) is 9.25. The molecular formula is C28H18BrF2N3O3. The highest BCUT2D eigenvalue weighted by molar-refractivity contribution is 9.10. The van der Waals surface area contributed by atoms with E-state index in [1.807, 2.05) is 0 Å². The Bertz CT molecular complexity index is 1720. The molecule has 0 unspecified atom stereocenters. The minimum absolute atomic E-state index is 0.0415. The van der Waals surface area contributed by atoms with Gasteiger partial charge in [0.15, 0.2) is 28.5 Å². The third kappa shape index (κ3) is 5.03. The Labute approximate surface area is 218 Å². The maximum atomic E-state index is 14.9. The van der Waals surface area contributed by atoms with Crippen molar-refractivity contribution in [3.05, 3.63) is 116 Å². The highest BCUT2D eigenvalue weighted by Gasteiger charge is 2.18. The number of aryl methyl sites for hydroxylation is 1. The summed E-state index contributed by atoms with van der Waals surface area (Å²) in [7, 11) is 0. The molecule has 0 radical (unpaired) electrons. The molecule has 1 N–H and O–H groups in total. The standard InChI is InChI=1S/C28H18BrF2N3O3/c1-15-26(17-3-5-19(30)6-4-17)28(36)20(14-33-15)23(35)11-16-2-7-24(21(31)10-16)37-25-8-9-32-22-12-18(29)13-34-27(22)25/h2-10,12-14H,11H2,1H3,(H,33,36). The molecule has 3 heterocycles. The van der Waals surface area contributed by atoms with Crippen LogP contribution >= 0.6 is 15.9 Å². The molecule has 0 aliphatic carbocycles. The van der Waals surface area contributed by atoms with Crippen LogP contribution in [0.5, 0.6) is 11.5 Å². The Kier molecular flexibility index (Phi) is 6.62. The Hall–Kier alpha value is -4.24. The maximum Gasteiger partial charge on any atom is 0.200 e. The molecule has 0 aliphatic heterocycles. The molecule has 0 atom stereocenters. The number of aromatic nitrogens is 3. The van der Waals surface area contributed by atoms with Gasteiger partial charge in [0, 0.05) is 46.8 Å². The second-order valence-electron chi connectivity index (χ2n) is 8.34. The zero-order valence-electron chi connectivity index (χ0n) is 19.4. The van der Waals surface area contributed by atoms with Crippen LogP contribution < -0.4 is 10.2 Å². The van der Waals surface area contributed by atoms with Gasteiger partial charge in [-0.3, -0.25) is 14.6 Å². The molecule has 0 aliphatic rings. The summed E-state index contributed by atoms with van der Waals surface area (Å²) in [5, 5.41) is 0. The molecule has 5 aromatic rings. The summed E-state index contributed by atoms with van der Waals surface area (Å²) in [6, 6.07) is 13.0. The van der Waals surface area contributed by atoms with Crippen LogP contribution in [-0.4, -0.2) is 20.7 Å². The number of nitrogens with one attached hydrogen (secondary N) is 1. The first-order valence-electron chi connectivity index (χ1n) is 11.2. The molecule has 0 fully saturated rings. The summed E-state index contributed by atoms with van der Waals surface area (Å²) in [5.41, 5.74) is 2.21. The average Bonchev–Trinajstić information content (AvgIpc) is 2.86. The molecule has 3 aromatic heterocycles. The second kappa shape index (κ2) is 10.0. The number of fused-ring (bicyclic) bond motifs is 1. The van der Waals surface area contributed by atoms with Crippen molar-refractivity contribution >= 4 is 32.7 Å². The van der Waals surface area contributed by atoms with Crippen molar-refractivity contribution in [2.45, 2.75) is 13.3 Å². The molecule has 5 rings (SSSR count). The molecular weight excluding hydrogens is 544 g/mol. The number of ether oxygens (including phenoxy) is 1. The minimum Gasteiger partial charge on any atom is -0.452 e. The summed E-state index contributed by atoms with van der Waals surface area (Å²) in [6.45, 7) is 1.70. The van der Waals surface area contributed by atoms with E-state index < -0.39 is 22.8 Å². The van der Waals surface area contributed by atoms with Crippen molar-refractivity contribution in [1.82, 2.24) is 15.0 Å². The number of pyridine rings is 3. The lowest BCUT2D eigenvalue weighted by Gasteiger charge is -2.11. The predicted molar refractivity (Wildman–Crippen MR) is 139 cm³/mol. The van der Waals surface area contributed by atoms with Gasteiger partial charge >= 0.3 is 0 Å². The van der Waals surface area contributed by atoms with Gasteiger partial charge in [0.2, 0.25) is 0 Å². The molecule has 0 saturated heterocycles. The molecule has 184 valence electrons. The molecule has 0 amide bonds. The van der Waals surface area contributed by atoms with E-state index >= 15 is 0 Å². The van der Waals surface area contributed by atoms with Crippen molar-refractivity contribution in [3.8, 4) is 22.6 Å². The largest absolute Gasteiger partial charge is 0.452 e. The van der Waals surface area contributed by atoms with Gasteiger partial charge in [0.1, 0.15) is 11.3 Å². The first-order chi connectivity index (χ1) is 17.8. The number of H-pyrrole nitrogens is 1. The predicted octanol–water partition coefficient (Wildman–Crippen LogP) is 6.55. The zero-order chi connectivity index (χ0) is 26.1. The van der Waals surface area contributed by atoms with Crippen molar-refractivity contribution in [2.24, 2.45) is 0 Å². The first-order valence-corrected chi connectivity index (χ1v) is 12.0. The topological polar surface area (TPSA) is 84.9 Å². The lowest BCUT2D eigenvalue weighted by atomic mass is 9.98. The van der Waals surface area contributed by atoms with E-state index in [4.69, 9.17) is 4.74 Å². The smallest absolute Gasteiger partial charge is 0.200 e. The lowest BCUT2D eigenvalue weighted by molar-refractivity contribution is 0.0991. The van der Waals surface area contributed by atoms with Crippen molar-refractivity contribution < 1.29 is 18.3 Å². The number of Topliss-reactive ketones (excluding diaryl/α,β-unsaturated/α-hetero) is 1. The van der Waals surface area contributed by atoms with Crippen molar-refractivity contribution in [1.29, 1.82) is 0 Å². The van der Waals surface area contributed by atoms with Gasteiger partial charge in [0.05, 0.1) is 11.1 Å². The monoisotopic (exact) mass is 561 g/mol. The molecule has 0 saturated carbocycles. The molecule has 37 heavy (non-hydrogen) atoms. The van der Waals surface area contributed by atoms with Gasteiger partial charge in [-0.25, -0.2) is 13.8 Å². The Morgan fingerprint density at radius 1 is 1.03 bits per heavy atom. The first kappa shape index (κ1) is 24.5. The number of ketones is 1. The van der Waals surface area contributed by atoms with E-state index in [1.165, 1.54) is 48.8 Å². The van der Waals surface area contributed by atoms with Gasteiger partial charge in [0.25, 0.3) is 0 Å². The fourth-order valence-electron chi connectivity index (χ4n) is 3.99. The number of carbonyl (C=O) groups is 1. The van der Waals surface area contributed by atoms with Gasteiger partial charge in [-0.15, -0.1) is 0 Å². The van der Waals surface area contributed by atoms with Crippen LogP contribution in [0.4, 0.5) is 8.78 Å². The summed E-state index contributed by atoms with van der Waals surface area (Å²) in [5.74, 6) is -1.29. The van der Waals surface area contributed by atoms with E-state index in [1.54, 1.807) is 31.3 Å². The van der Waals surface area contributed by atoms with Crippen molar-refractivity contribution in [2.75, 3.05) is 0 Å². The van der Waals surface area contributed by atoms with E-state index in [2.05, 4.69) is 30.9 Å². The van der Waals surface area contributed by atoms with Crippen LogP contribution in [0.25, 0.3) is 22.2 Å². The minimum atomic E-state index is -0.669. The van der Waals surface area contributed by atoms with Gasteiger partial charge in [-0.05, 0) is 64.3 Å². The van der Waals surface area contributed by atoms with Crippen LogP contribution in [0.1, 0.15) is 21.6 Å². The molecule has 0 bridgehead atoms. The number of aromatic amines is 1. The number of hydrogen-bond acceptors (Lipinski definition) is 5. The number of benzene rings is 2. The summed E-state index contributed by atoms with van der Waals surface area (Å²) in [4.78, 5) is 37.6. The normalized spacial score (nSPS) is 11.0. The van der Waals surface area contributed by atoms with Gasteiger partial charge in [-0.1, -0.05) is 18.2 Å². The Morgan fingerprint density at radius 2 is 1.81 bits per heavy atom. The fourth-order valence-corrected chi connectivity index (χ4v) is 4.31. The third-order valence-corrected chi connectivity index (χ3v) is 6.23. The van der Waals surface area contributed by atoms with Crippen LogP contribution in [0.15, 0.2) is 82.5 Å². The number of carbonyl (C=O) groups excluding carboxylic acids is 1. The van der Waals surface area contributed by atoms with Gasteiger partial charge in [-0.2, -0.15) is 0 Å². The highest BCUT2D eigenvalue weighted by atomic mass is 79.9. The number of nitrogens with zero attached hydrogens (tertiary/aromatic N) is 2. The third-order valence-electron chi connectivity index (χ3n) is 5.80. The van der Waals surface area contributed by atoms with Gasteiger partial charge < -0.3 is 9.72 Å². The highest BCUT2D eigenvalue weighted by Crippen LogP contribution is 2.30. The number of hydrogen-bond donors (Lipinski definition) is 1. The molecule has 9 heteroatoms. The van der Waals surface area contributed by atoms with E-state index in [9.17, 15) is 18.4 Å². The summed E-state index contributed by atoms with van der Waals surface area (Å²) >= 11 is 3.34. The van der Waals surface area contributed by atoms with Crippen LogP contribution in [0.3, 0.4) is 0 Å². The number of rotatable bonds is 6. The average molecular weight is 562 g/mol. The molecule has 2 aromatic carbocycles. The van der Waals surface area contributed by atoms with Crippen molar-refractivity contribution in [3.63, 3.8) is 0 Å². The fraction of sp³-hybridized carbons (Fsp3) is 0.0714. The number of halogens is 3. The maximum absolute atomic E-state index is 14.9. The van der Waals surface area contributed by atoms with Crippen LogP contribution in [-0.2, 0) is 6.42 Å². The van der Waals surface area contributed by atoms with E-state index in [-0.39, 0.29) is 23.3 Å². The molecule has 6 nitrogen and oxygen atoms in total. The Morgan fingerprint density at radius 3 is 2.57 bits per heavy atom. The SMILES string of the molecule is Cc1[nH]cc(C(=O)Cc2ccc(Oc3ccnc4cc(Br)cnc34)c(F)c2)c(=O)c1-c1ccc(F)cc1. The van der Waals surface area contributed by atoms with Crippen LogP contribution in [0.2, 0.25) is 0 Å². The lowest BCUT2D eigenvalue weighted by Crippen LogP contribution is -2.20. The van der Waals surface area contributed by atoms with E-state index in [0.717, 1.165) is 4.47 Å². The quantitative estimate of drug-likeness (QED) is 0.237. The zero-order valence-corrected chi connectivity index (χ0v) is 21.0. The van der Waals surface area contributed by atoms with E-state index in [0.29, 0.717) is 33.6 Å². The molecule has 0 spiro atoms.